The van der Waals surface area contributed by atoms with E-state index in [2.05, 4.69) is 39.9 Å². The molecule has 15 heavy (non-hydrogen) atoms. The second-order valence-electron chi connectivity index (χ2n) is 4.06. The van der Waals surface area contributed by atoms with Gasteiger partial charge in [0.15, 0.2) is 0 Å². The van der Waals surface area contributed by atoms with Crippen LogP contribution in [-0.2, 0) is 6.54 Å². The van der Waals surface area contributed by atoms with Crippen LogP contribution in [0.5, 0.6) is 0 Å². The van der Waals surface area contributed by atoms with Crippen molar-refractivity contribution in [3.8, 4) is 0 Å². The van der Waals surface area contributed by atoms with Crippen molar-refractivity contribution < 1.29 is 0 Å². The Morgan fingerprint density at radius 2 is 2.20 bits per heavy atom. The smallest absolute Gasteiger partial charge is 0.0716 e. The molecule has 0 N–H and O–H groups in total. The van der Waals surface area contributed by atoms with Crippen molar-refractivity contribution >= 4 is 30.1 Å². The summed E-state index contributed by atoms with van der Waals surface area (Å²) in [6.07, 6.45) is 13.9. The Bertz CT molecular complexity index is 666. The highest BCUT2D eigenvalue weighted by molar-refractivity contribution is 5.80. The first kappa shape index (κ1) is 7.46. The lowest BCUT2D eigenvalue weighted by Crippen LogP contribution is -2.32. The molecular formula is C13H10N2. The highest BCUT2D eigenvalue weighted by Gasteiger charge is 2.18. The SMILES string of the molecule is C1=Cc2c3c4n(c2=C1)CC=NC=4CC=C3. The Morgan fingerprint density at radius 3 is 3.20 bits per heavy atom. The molecule has 4 rings (SSSR count). The van der Waals surface area contributed by atoms with E-state index in [1.54, 1.807) is 0 Å². The molecule has 2 nitrogen and oxygen atoms in total. The predicted molar refractivity (Wildman–Crippen MR) is 62.7 cm³/mol. The number of hydrogen-bond donors (Lipinski definition) is 0. The average molecular weight is 194 g/mol. The Morgan fingerprint density at radius 1 is 1.20 bits per heavy atom. The lowest BCUT2D eigenvalue weighted by atomic mass is 10.1. The van der Waals surface area contributed by atoms with Gasteiger partial charge < -0.3 is 4.57 Å². The second kappa shape index (κ2) is 2.40. The van der Waals surface area contributed by atoms with E-state index in [-0.39, 0.29) is 0 Å². The first-order valence-electron chi connectivity index (χ1n) is 5.28. The van der Waals surface area contributed by atoms with E-state index in [1.807, 2.05) is 6.21 Å². The van der Waals surface area contributed by atoms with E-state index in [0.29, 0.717) is 0 Å². The normalized spacial score (nSPS) is 19.1. The zero-order valence-electron chi connectivity index (χ0n) is 8.27. The van der Waals surface area contributed by atoms with Gasteiger partial charge in [-0.2, -0.15) is 0 Å². The van der Waals surface area contributed by atoms with Crippen LogP contribution in [0.15, 0.2) is 17.1 Å². The molecule has 0 atom stereocenters. The van der Waals surface area contributed by atoms with Gasteiger partial charge in [0.2, 0.25) is 0 Å². The molecule has 2 aliphatic carbocycles. The molecule has 0 unspecified atom stereocenters. The third-order valence-corrected chi connectivity index (χ3v) is 3.28. The summed E-state index contributed by atoms with van der Waals surface area (Å²) in [6.45, 7) is 0.910. The molecule has 2 heterocycles. The molecule has 1 aromatic heterocycles. The molecule has 0 aromatic carbocycles. The van der Waals surface area contributed by atoms with Gasteiger partial charge in [0.1, 0.15) is 0 Å². The molecule has 2 heteroatoms. The number of aliphatic imine (C=N–C) groups is 1. The van der Waals surface area contributed by atoms with Gasteiger partial charge in [-0.15, -0.1) is 0 Å². The number of allylic oxidation sites excluding steroid dienone is 1. The quantitative estimate of drug-likeness (QED) is 0.584. The first-order valence-corrected chi connectivity index (χ1v) is 5.28. The summed E-state index contributed by atoms with van der Waals surface area (Å²) in [7, 11) is 0. The van der Waals surface area contributed by atoms with Crippen LogP contribution in [0.4, 0.5) is 0 Å². The minimum Gasteiger partial charge on any atom is -0.334 e. The summed E-state index contributed by atoms with van der Waals surface area (Å²) in [6, 6.07) is 0. The lowest BCUT2D eigenvalue weighted by molar-refractivity contribution is 0.793. The fraction of sp³-hybridized carbons (Fsp3) is 0.154. The standard InChI is InChI=1S/C13H10N2/c1-4-10-9-3-2-6-12(9)15-8-7-14-11(5-1)13(10)15/h1-4,6-7H,5,8H2. The molecule has 0 spiro atoms. The van der Waals surface area contributed by atoms with Gasteiger partial charge >= 0.3 is 0 Å². The van der Waals surface area contributed by atoms with Gasteiger partial charge in [-0.1, -0.05) is 24.3 Å². The third kappa shape index (κ3) is 0.780. The van der Waals surface area contributed by atoms with Gasteiger partial charge in [-0.05, 0) is 6.08 Å². The third-order valence-electron chi connectivity index (χ3n) is 3.28. The van der Waals surface area contributed by atoms with Crippen LogP contribution < -0.4 is 10.7 Å². The summed E-state index contributed by atoms with van der Waals surface area (Å²) in [5, 5.41) is 2.68. The van der Waals surface area contributed by atoms with Crippen LogP contribution in [0.3, 0.4) is 0 Å². The van der Waals surface area contributed by atoms with E-state index in [1.165, 1.54) is 27.5 Å². The maximum Gasteiger partial charge on any atom is 0.0716 e. The Kier molecular flexibility index (Phi) is 1.19. The molecule has 0 fully saturated rings. The average Bonchev–Trinajstić information content (AvgIpc) is 2.84. The van der Waals surface area contributed by atoms with Crippen LogP contribution in [0, 0.1) is 0 Å². The highest BCUT2D eigenvalue weighted by Crippen LogP contribution is 2.19. The monoisotopic (exact) mass is 194 g/mol. The maximum absolute atomic E-state index is 4.50. The van der Waals surface area contributed by atoms with E-state index in [4.69, 9.17) is 0 Å². The maximum atomic E-state index is 4.50. The molecular weight excluding hydrogens is 184 g/mol. The summed E-state index contributed by atoms with van der Waals surface area (Å²) in [5.41, 5.74) is 3.94. The van der Waals surface area contributed by atoms with Gasteiger partial charge in [0.05, 0.1) is 17.6 Å². The van der Waals surface area contributed by atoms with Gasteiger partial charge in [-0.3, -0.25) is 4.99 Å². The number of rotatable bonds is 0. The van der Waals surface area contributed by atoms with Gasteiger partial charge in [-0.25, -0.2) is 0 Å². The Labute approximate surface area is 87.3 Å². The minimum atomic E-state index is 0.910. The minimum absolute atomic E-state index is 0.910. The van der Waals surface area contributed by atoms with Crippen LogP contribution in [0.1, 0.15) is 17.5 Å². The van der Waals surface area contributed by atoms with Crippen LogP contribution >= 0.6 is 0 Å². The predicted octanol–water partition coefficient (Wildman–Crippen LogP) is 0.905. The van der Waals surface area contributed by atoms with E-state index >= 15 is 0 Å². The molecule has 3 aliphatic rings. The fourth-order valence-corrected chi connectivity index (χ4v) is 2.67. The van der Waals surface area contributed by atoms with Crippen molar-refractivity contribution in [2.24, 2.45) is 4.99 Å². The fourth-order valence-electron chi connectivity index (χ4n) is 2.67. The van der Waals surface area contributed by atoms with Crippen molar-refractivity contribution in [1.82, 2.24) is 4.57 Å². The van der Waals surface area contributed by atoms with E-state index in [0.717, 1.165) is 13.0 Å². The van der Waals surface area contributed by atoms with Crippen LogP contribution in [-0.4, -0.2) is 10.8 Å². The van der Waals surface area contributed by atoms with Crippen molar-refractivity contribution in [3.63, 3.8) is 0 Å². The number of aromatic nitrogens is 1. The Balaban J connectivity index is 2.31. The molecule has 72 valence electrons. The number of fused-ring (bicyclic) bond motifs is 3. The second-order valence-corrected chi connectivity index (χ2v) is 4.06. The summed E-state index contributed by atoms with van der Waals surface area (Å²) >= 11 is 0. The van der Waals surface area contributed by atoms with Crippen molar-refractivity contribution in [1.29, 1.82) is 0 Å². The highest BCUT2D eigenvalue weighted by atomic mass is 15.0. The summed E-state index contributed by atoms with van der Waals surface area (Å²) in [4.78, 5) is 4.50. The zero-order valence-corrected chi connectivity index (χ0v) is 8.27. The van der Waals surface area contributed by atoms with Crippen LogP contribution in [0.2, 0.25) is 0 Å². The molecule has 1 aromatic rings. The molecule has 0 saturated heterocycles. The van der Waals surface area contributed by atoms with Crippen molar-refractivity contribution in [3.05, 3.63) is 34.0 Å². The van der Waals surface area contributed by atoms with Crippen molar-refractivity contribution in [2.75, 3.05) is 0 Å². The lowest BCUT2D eigenvalue weighted by Gasteiger charge is -2.12. The number of nitrogens with zero attached hydrogens (tertiary/aromatic N) is 2. The first-order chi connectivity index (χ1) is 7.45. The molecule has 0 amide bonds. The van der Waals surface area contributed by atoms with E-state index in [9.17, 15) is 0 Å². The topological polar surface area (TPSA) is 17.3 Å². The van der Waals surface area contributed by atoms with Crippen LogP contribution in [0.25, 0.3) is 23.9 Å². The van der Waals surface area contributed by atoms with Gasteiger partial charge in [0.25, 0.3) is 0 Å². The summed E-state index contributed by atoms with van der Waals surface area (Å²) in [5.74, 6) is 0. The summed E-state index contributed by atoms with van der Waals surface area (Å²) < 4.78 is 2.37. The zero-order chi connectivity index (χ0) is 9.83. The van der Waals surface area contributed by atoms with E-state index < -0.39 is 0 Å². The Hall–Kier alpha value is -1.83. The molecule has 0 radical (unpaired) electrons. The molecule has 1 aliphatic heterocycles. The number of hydrogen-bond acceptors (Lipinski definition) is 1. The molecule has 0 bridgehead atoms. The van der Waals surface area contributed by atoms with Crippen molar-refractivity contribution in [2.45, 2.75) is 13.0 Å². The largest absolute Gasteiger partial charge is 0.334 e. The molecule has 0 saturated carbocycles. The van der Waals surface area contributed by atoms with Gasteiger partial charge in [0, 0.05) is 29.1 Å².